The molecule has 1 saturated heterocycles. The predicted molar refractivity (Wildman–Crippen MR) is 106 cm³/mol. The van der Waals surface area contributed by atoms with Gasteiger partial charge in [0.1, 0.15) is 18.3 Å². The number of aromatic nitrogens is 3. The molecule has 0 unspecified atom stereocenters. The van der Waals surface area contributed by atoms with E-state index in [-0.39, 0.29) is 23.7 Å². The molecule has 0 spiro atoms. The number of rotatable bonds is 3. The van der Waals surface area contributed by atoms with Crippen molar-refractivity contribution in [2.45, 2.75) is 20.4 Å². The first-order valence-corrected chi connectivity index (χ1v) is 9.42. The van der Waals surface area contributed by atoms with Crippen molar-refractivity contribution >= 4 is 34.3 Å². The normalized spacial score (nSPS) is 14.7. The third-order valence-corrected chi connectivity index (χ3v) is 5.32. The second-order valence-electron chi connectivity index (χ2n) is 6.92. The summed E-state index contributed by atoms with van der Waals surface area (Å²) in [5.74, 6) is -0.111. The standard InChI is InChI=1S/C19H20ClN5O3/c1-12-3-4-14(20)9-15(12)23-5-7-24(8-6-23)16(26)10-25-11-21-18-17(19(25)27)13(2)22-28-18/h3-4,9,11H,5-8,10H2,1-2H3. The highest BCUT2D eigenvalue weighted by molar-refractivity contribution is 6.30. The first-order valence-electron chi connectivity index (χ1n) is 9.04. The molecule has 28 heavy (non-hydrogen) atoms. The number of aryl methyl sites for hydroxylation is 2. The topological polar surface area (TPSA) is 84.5 Å². The Hall–Kier alpha value is -2.87. The average Bonchev–Trinajstić information content (AvgIpc) is 3.07. The maximum atomic E-state index is 12.7. The molecular formula is C19H20ClN5O3. The van der Waals surface area contributed by atoms with E-state index in [2.05, 4.69) is 15.0 Å². The minimum atomic E-state index is -0.315. The number of carbonyl (C=O) groups is 1. The molecule has 1 aliphatic rings. The Labute approximate surface area is 166 Å². The maximum absolute atomic E-state index is 12.7. The summed E-state index contributed by atoms with van der Waals surface area (Å²) < 4.78 is 6.30. The number of carbonyl (C=O) groups excluding carboxylic acids is 1. The van der Waals surface area contributed by atoms with Crippen molar-refractivity contribution in [2.24, 2.45) is 0 Å². The monoisotopic (exact) mass is 401 g/mol. The Morgan fingerprint density at radius 3 is 2.71 bits per heavy atom. The Balaban J connectivity index is 1.45. The van der Waals surface area contributed by atoms with Crippen LogP contribution < -0.4 is 10.5 Å². The lowest BCUT2D eigenvalue weighted by Crippen LogP contribution is -2.50. The highest BCUT2D eigenvalue weighted by Gasteiger charge is 2.23. The molecule has 0 N–H and O–H groups in total. The lowest BCUT2D eigenvalue weighted by molar-refractivity contribution is -0.132. The Morgan fingerprint density at radius 1 is 1.21 bits per heavy atom. The summed E-state index contributed by atoms with van der Waals surface area (Å²) in [6.45, 7) is 6.27. The number of nitrogens with zero attached hydrogens (tertiary/aromatic N) is 5. The Bertz CT molecular complexity index is 1100. The summed E-state index contributed by atoms with van der Waals surface area (Å²) in [5.41, 5.74) is 2.59. The van der Waals surface area contributed by atoms with Gasteiger partial charge >= 0.3 is 0 Å². The van der Waals surface area contributed by atoms with E-state index in [1.807, 2.05) is 25.1 Å². The molecular weight excluding hydrogens is 382 g/mol. The van der Waals surface area contributed by atoms with Crippen molar-refractivity contribution in [1.82, 2.24) is 19.6 Å². The smallest absolute Gasteiger partial charge is 0.267 e. The third kappa shape index (κ3) is 3.35. The Morgan fingerprint density at radius 2 is 1.96 bits per heavy atom. The molecule has 4 rings (SSSR count). The van der Waals surface area contributed by atoms with Gasteiger partial charge in [0.15, 0.2) is 0 Å². The van der Waals surface area contributed by atoms with E-state index < -0.39 is 0 Å². The van der Waals surface area contributed by atoms with Crippen LogP contribution in [0.1, 0.15) is 11.3 Å². The molecule has 1 aromatic carbocycles. The average molecular weight is 402 g/mol. The van der Waals surface area contributed by atoms with E-state index in [0.29, 0.717) is 42.3 Å². The van der Waals surface area contributed by atoms with E-state index in [9.17, 15) is 9.59 Å². The van der Waals surface area contributed by atoms with Gasteiger partial charge in [-0.3, -0.25) is 14.2 Å². The lowest BCUT2D eigenvalue weighted by atomic mass is 10.1. The minimum Gasteiger partial charge on any atom is -0.368 e. The SMILES string of the molecule is Cc1ccc(Cl)cc1N1CCN(C(=O)Cn2cnc3onc(C)c3c2=O)CC1. The fourth-order valence-corrected chi connectivity index (χ4v) is 3.65. The van der Waals surface area contributed by atoms with E-state index >= 15 is 0 Å². The fraction of sp³-hybridized carbons (Fsp3) is 0.368. The van der Waals surface area contributed by atoms with Crippen LogP contribution in [-0.4, -0.2) is 51.7 Å². The summed E-state index contributed by atoms with van der Waals surface area (Å²) in [4.78, 5) is 33.3. The zero-order valence-electron chi connectivity index (χ0n) is 15.7. The molecule has 3 aromatic rings. The van der Waals surface area contributed by atoms with Crippen LogP contribution in [0.15, 0.2) is 33.8 Å². The molecule has 0 radical (unpaired) electrons. The molecule has 146 valence electrons. The molecule has 8 nitrogen and oxygen atoms in total. The van der Waals surface area contributed by atoms with Crippen molar-refractivity contribution < 1.29 is 9.32 Å². The van der Waals surface area contributed by atoms with Crippen LogP contribution in [0.2, 0.25) is 5.02 Å². The summed E-state index contributed by atoms with van der Waals surface area (Å²) >= 11 is 6.12. The van der Waals surface area contributed by atoms with Crippen molar-refractivity contribution in [3.63, 3.8) is 0 Å². The third-order valence-electron chi connectivity index (χ3n) is 5.08. The number of anilines is 1. The van der Waals surface area contributed by atoms with Crippen LogP contribution in [0, 0.1) is 13.8 Å². The number of amides is 1. The zero-order chi connectivity index (χ0) is 19.8. The number of fused-ring (bicyclic) bond motifs is 1. The summed E-state index contributed by atoms with van der Waals surface area (Å²) in [7, 11) is 0. The van der Waals surface area contributed by atoms with Crippen molar-refractivity contribution in [1.29, 1.82) is 0 Å². The van der Waals surface area contributed by atoms with E-state index in [4.69, 9.17) is 16.1 Å². The van der Waals surface area contributed by atoms with Crippen LogP contribution in [0.3, 0.4) is 0 Å². The van der Waals surface area contributed by atoms with Crippen LogP contribution in [0.25, 0.3) is 11.1 Å². The number of piperazine rings is 1. The molecule has 2 aromatic heterocycles. The van der Waals surface area contributed by atoms with Crippen molar-refractivity contribution in [3.8, 4) is 0 Å². The lowest BCUT2D eigenvalue weighted by Gasteiger charge is -2.37. The summed E-state index contributed by atoms with van der Waals surface area (Å²) in [5, 5.41) is 4.77. The van der Waals surface area contributed by atoms with E-state index in [1.165, 1.54) is 10.9 Å². The molecule has 1 aliphatic heterocycles. The van der Waals surface area contributed by atoms with Gasteiger partial charge in [0.05, 0.1) is 5.69 Å². The quantitative estimate of drug-likeness (QED) is 0.667. The van der Waals surface area contributed by atoms with Gasteiger partial charge in [-0.15, -0.1) is 0 Å². The first-order chi connectivity index (χ1) is 13.4. The number of hydrogen-bond donors (Lipinski definition) is 0. The van der Waals surface area contributed by atoms with Crippen LogP contribution >= 0.6 is 11.6 Å². The molecule has 9 heteroatoms. The summed E-state index contributed by atoms with van der Waals surface area (Å²) in [6.07, 6.45) is 1.33. The van der Waals surface area contributed by atoms with Gasteiger partial charge in [0, 0.05) is 36.9 Å². The molecule has 1 amide bonds. The molecule has 3 heterocycles. The molecule has 0 atom stereocenters. The number of benzene rings is 1. The number of hydrogen-bond acceptors (Lipinski definition) is 6. The summed E-state index contributed by atoms with van der Waals surface area (Å²) in [6, 6.07) is 5.83. The van der Waals surface area contributed by atoms with E-state index in [0.717, 1.165) is 11.3 Å². The van der Waals surface area contributed by atoms with Gasteiger partial charge < -0.3 is 14.3 Å². The van der Waals surface area contributed by atoms with Gasteiger partial charge in [-0.25, -0.2) is 4.98 Å². The molecule has 0 bridgehead atoms. The van der Waals surface area contributed by atoms with Gasteiger partial charge in [-0.1, -0.05) is 22.8 Å². The van der Waals surface area contributed by atoms with Crippen LogP contribution in [-0.2, 0) is 11.3 Å². The van der Waals surface area contributed by atoms with Crippen LogP contribution in [0.5, 0.6) is 0 Å². The largest absolute Gasteiger partial charge is 0.368 e. The second-order valence-corrected chi connectivity index (χ2v) is 7.36. The fourth-order valence-electron chi connectivity index (χ4n) is 3.49. The van der Waals surface area contributed by atoms with Gasteiger partial charge in [0.2, 0.25) is 5.91 Å². The van der Waals surface area contributed by atoms with E-state index in [1.54, 1.807) is 11.8 Å². The zero-order valence-corrected chi connectivity index (χ0v) is 16.4. The van der Waals surface area contributed by atoms with Crippen molar-refractivity contribution in [2.75, 3.05) is 31.1 Å². The minimum absolute atomic E-state index is 0.0530. The second kappa shape index (κ2) is 7.27. The Kier molecular flexibility index (Phi) is 4.80. The molecule has 1 fully saturated rings. The van der Waals surface area contributed by atoms with Gasteiger partial charge in [0.25, 0.3) is 11.3 Å². The number of halogens is 1. The van der Waals surface area contributed by atoms with Gasteiger partial charge in [-0.05, 0) is 31.5 Å². The van der Waals surface area contributed by atoms with Gasteiger partial charge in [-0.2, -0.15) is 0 Å². The maximum Gasteiger partial charge on any atom is 0.267 e. The van der Waals surface area contributed by atoms with Crippen LogP contribution in [0.4, 0.5) is 5.69 Å². The predicted octanol–water partition coefficient (Wildman–Crippen LogP) is 2.00. The van der Waals surface area contributed by atoms with Crippen molar-refractivity contribution in [3.05, 3.63) is 51.2 Å². The first kappa shape index (κ1) is 18.5. The highest BCUT2D eigenvalue weighted by Crippen LogP contribution is 2.25. The molecule has 0 aliphatic carbocycles. The molecule has 0 saturated carbocycles. The highest BCUT2D eigenvalue weighted by atomic mass is 35.5.